The number of hydrogen-bond donors (Lipinski definition) is 3. The van der Waals surface area contributed by atoms with Gasteiger partial charge in [0.05, 0.1) is 7.11 Å². The molecule has 0 aromatic rings. The molecule has 14 heavy (non-hydrogen) atoms. The molecule has 6 nitrogen and oxygen atoms in total. The Kier molecular flexibility index (Phi) is 3.75. The van der Waals surface area contributed by atoms with Gasteiger partial charge in [0.15, 0.2) is 17.0 Å². The standard InChI is InChI=1S/C8H14O6/c1-7(12,5(10)4-9)8(2,13)6(11)14-3/h9,12-13H,4H2,1-3H3. The van der Waals surface area contributed by atoms with Crippen LogP contribution in [0.25, 0.3) is 0 Å². The van der Waals surface area contributed by atoms with Gasteiger partial charge in [-0.15, -0.1) is 0 Å². The normalized spacial score (nSPS) is 19.3. The van der Waals surface area contributed by atoms with Crippen LogP contribution in [0.2, 0.25) is 0 Å². The summed E-state index contributed by atoms with van der Waals surface area (Å²) >= 11 is 0. The van der Waals surface area contributed by atoms with E-state index < -0.39 is 29.6 Å². The van der Waals surface area contributed by atoms with Gasteiger partial charge < -0.3 is 20.1 Å². The monoisotopic (exact) mass is 206 g/mol. The fourth-order valence-electron chi connectivity index (χ4n) is 0.823. The first-order valence-electron chi connectivity index (χ1n) is 3.89. The summed E-state index contributed by atoms with van der Waals surface area (Å²) in [5, 5.41) is 27.6. The van der Waals surface area contributed by atoms with Crippen molar-refractivity contribution < 1.29 is 29.6 Å². The van der Waals surface area contributed by atoms with Gasteiger partial charge in [-0.3, -0.25) is 4.79 Å². The number of carbonyl (C=O) groups is 2. The zero-order chi connectivity index (χ0) is 11.6. The van der Waals surface area contributed by atoms with Crippen LogP contribution in [-0.4, -0.2) is 52.0 Å². The molecule has 0 aliphatic heterocycles. The van der Waals surface area contributed by atoms with Crippen molar-refractivity contribution in [3.05, 3.63) is 0 Å². The van der Waals surface area contributed by atoms with E-state index in [1.165, 1.54) is 0 Å². The highest BCUT2D eigenvalue weighted by Gasteiger charge is 2.53. The lowest BCUT2D eigenvalue weighted by molar-refractivity contribution is -0.192. The molecule has 2 unspecified atom stereocenters. The van der Waals surface area contributed by atoms with Gasteiger partial charge in [-0.25, -0.2) is 4.79 Å². The van der Waals surface area contributed by atoms with Gasteiger partial charge in [-0.05, 0) is 13.8 Å². The third kappa shape index (κ3) is 1.92. The molecule has 0 heterocycles. The van der Waals surface area contributed by atoms with Crippen molar-refractivity contribution in [3.8, 4) is 0 Å². The Balaban J connectivity index is 5.06. The smallest absolute Gasteiger partial charge is 0.341 e. The molecule has 0 rings (SSSR count). The third-order valence-electron chi connectivity index (χ3n) is 2.22. The number of aliphatic hydroxyl groups is 3. The lowest BCUT2D eigenvalue weighted by atomic mass is 9.82. The van der Waals surface area contributed by atoms with Crippen LogP contribution < -0.4 is 0 Å². The molecule has 0 aromatic carbocycles. The van der Waals surface area contributed by atoms with Gasteiger partial charge in [-0.2, -0.15) is 0 Å². The highest BCUT2D eigenvalue weighted by atomic mass is 16.5. The van der Waals surface area contributed by atoms with Crippen LogP contribution in [-0.2, 0) is 14.3 Å². The van der Waals surface area contributed by atoms with Crippen molar-refractivity contribution in [3.63, 3.8) is 0 Å². The van der Waals surface area contributed by atoms with E-state index in [1.54, 1.807) is 0 Å². The second-order valence-corrected chi connectivity index (χ2v) is 3.22. The minimum Gasteiger partial charge on any atom is -0.467 e. The number of methoxy groups -OCH3 is 1. The molecule has 0 fully saturated rings. The van der Waals surface area contributed by atoms with Crippen molar-refractivity contribution in [1.82, 2.24) is 0 Å². The summed E-state index contributed by atoms with van der Waals surface area (Å²) in [6.07, 6.45) is 0. The Bertz CT molecular complexity index is 216. The Hall–Kier alpha value is -0.980. The molecule has 0 saturated heterocycles. The molecular formula is C8H14O6. The van der Waals surface area contributed by atoms with Crippen LogP contribution in [0, 0.1) is 0 Å². The van der Waals surface area contributed by atoms with E-state index >= 15 is 0 Å². The van der Waals surface area contributed by atoms with E-state index in [0.29, 0.717) is 0 Å². The summed E-state index contributed by atoms with van der Waals surface area (Å²) in [6, 6.07) is 0. The number of ketones is 1. The first kappa shape index (κ1) is 13.0. The summed E-state index contributed by atoms with van der Waals surface area (Å²) in [6.45, 7) is 0.898. The lowest BCUT2D eigenvalue weighted by Crippen LogP contribution is -2.61. The third-order valence-corrected chi connectivity index (χ3v) is 2.22. The largest absolute Gasteiger partial charge is 0.467 e. The van der Waals surface area contributed by atoms with Crippen LogP contribution in [0.3, 0.4) is 0 Å². The minimum atomic E-state index is -2.39. The molecule has 2 atom stereocenters. The number of carbonyl (C=O) groups excluding carboxylic acids is 2. The second kappa shape index (κ2) is 4.04. The average Bonchev–Trinajstić information content (AvgIpc) is 2.14. The molecule has 0 spiro atoms. The number of Topliss-reactive ketones (excluding diaryl/α,β-unsaturated/α-hetero) is 1. The van der Waals surface area contributed by atoms with Crippen LogP contribution in [0.4, 0.5) is 0 Å². The summed E-state index contributed by atoms with van der Waals surface area (Å²) in [5.74, 6) is -2.21. The molecule has 3 N–H and O–H groups in total. The predicted octanol–water partition coefficient (Wildman–Crippen LogP) is -1.78. The Morgan fingerprint density at radius 2 is 1.64 bits per heavy atom. The number of aliphatic hydroxyl groups excluding tert-OH is 1. The summed E-state index contributed by atoms with van der Waals surface area (Å²) in [4.78, 5) is 22.1. The quantitative estimate of drug-likeness (QED) is 0.470. The Morgan fingerprint density at radius 1 is 1.21 bits per heavy atom. The molecule has 0 aliphatic carbocycles. The van der Waals surface area contributed by atoms with Crippen LogP contribution in [0.1, 0.15) is 13.8 Å². The Morgan fingerprint density at radius 3 is 1.93 bits per heavy atom. The van der Waals surface area contributed by atoms with E-state index in [2.05, 4.69) is 4.74 Å². The zero-order valence-electron chi connectivity index (χ0n) is 8.27. The SMILES string of the molecule is COC(=O)C(C)(O)C(C)(O)C(=O)CO. The highest BCUT2D eigenvalue weighted by Crippen LogP contribution is 2.24. The molecule has 0 bridgehead atoms. The molecule has 6 heteroatoms. The van der Waals surface area contributed by atoms with Crippen LogP contribution in [0.15, 0.2) is 0 Å². The van der Waals surface area contributed by atoms with Crippen LogP contribution >= 0.6 is 0 Å². The minimum absolute atomic E-state index is 0.933. The topological polar surface area (TPSA) is 104 Å². The van der Waals surface area contributed by atoms with Gasteiger partial charge in [0.2, 0.25) is 0 Å². The van der Waals surface area contributed by atoms with Crippen LogP contribution in [0.5, 0.6) is 0 Å². The zero-order valence-corrected chi connectivity index (χ0v) is 8.27. The molecular weight excluding hydrogens is 192 g/mol. The lowest BCUT2D eigenvalue weighted by Gasteiger charge is -2.33. The van der Waals surface area contributed by atoms with Gasteiger partial charge in [0, 0.05) is 0 Å². The maximum Gasteiger partial charge on any atom is 0.341 e. The van der Waals surface area contributed by atoms with Gasteiger partial charge >= 0.3 is 5.97 Å². The van der Waals surface area contributed by atoms with E-state index in [0.717, 1.165) is 21.0 Å². The maximum atomic E-state index is 11.0. The van der Waals surface area contributed by atoms with Crippen molar-refractivity contribution in [2.75, 3.05) is 13.7 Å². The molecule has 0 aromatic heterocycles. The molecule has 0 aliphatic rings. The fraction of sp³-hybridized carbons (Fsp3) is 0.750. The van der Waals surface area contributed by atoms with Gasteiger partial charge in [-0.1, -0.05) is 0 Å². The summed E-state index contributed by atoms with van der Waals surface area (Å²) in [7, 11) is 1.01. The summed E-state index contributed by atoms with van der Waals surface area (Å²) in [5.41, 5.74) is -4.77. The first-order valence-corrected chi connectivity index (χ1v) is 3.89. The second-order valence-electron chi connectivity index (χ2n) is 3.22. The highest BCUT2D eigenvalue weighted by molar-refractivity contribution is 5.96. The average molecular weight is 206 g/mol. The van der Waals surface area contributed by atoms with Gasteiger partial charge in [0.25, 0.3) is 0 Å². The number of hydrogen-bond acceptors (Lipinski definition) is 6. The molecule has 82 valence electrons. The predicted molar refractivity (Wildman–Crippen MR) is 45.4 cm³/mol. The van der Waals surface area contributed by atoms with E-state index in [4.69, 9.17) is 5.11 Å². The molecule has 0 saturated carbocycles. The van der Waals surface area contributed by atoms with Crippen molar-refractivity contribution in [2.24, 2.45) is 0 Å². The van der Waals surface area contributed by atoms with E-state index in [1.807, 2.05) is 0 Å². The number of esters is 1. The Labute approximate surface area is 81.1 Å². The van der Waals surface area contributed by atoms with Crippen molar-refractivity contribution in [2.45, 2.75) is 25.0 Å². The number of ether oxygens (including phenoxy) is 1. The van der Waals surface area contributed by atoms with Crippen molar-refractivity contribution in [1.29, 1.82) is 0 Å². The maximum absolute atomic E-state index is 11.0. The first-order chi connectivity index (χ1) is 6.21. The molecule has 0 radical (unpaired) electrons. The van der Waals surface area contributed by atoms with E-state index in [9.17, 15) is 19.8 Å². The van der Waals surface area contributed by atoms with E-state index in [-0.39, 0.29) is 0 Å². The van der Waals surface area contributed by atoms with Crippen molar-refractivity contribution >= 4 is 11.8 Å². The number of rotatable bonds is 4. The molecule has 0 amide bonds. The fourth-order valence-corrected chi connectivity index (χ4v) is 0.823. The summed E-state index contributed by atoms with van der Waals surface area (Å²) < 4.78 is 4.21. The van der Waals surface area contributed by atoms with Gasteiger partial charge in [0.1, 0.15) is 6.61 Å².